The molecule has 0 aromatic carbocycles. The first kappa shape index (κ1) is 16.1. The van der Waals surface area contributed by atoms with Crippen LogP contribution in [-0.4, -0.2) is 41.1 Å². The molecule has 2 aliphatic rings. The van der Waals surface area contributed by atoms with E-state index in [0.29, 0.717) is 31.3 Å². The minimum Gasteiger partial charge on any atom is -0.481 e. The van der Waals surface area contributed by atoms with Crippen molar-refractivity contribution in [2.75, 3.05) is 13.1 Å². The normalized spacial score (nSPS) is 30.2. The number of carbonyl (C=O) groups is 2. The fourth-order valence-electron chi connectivity index (χ4n) is 3.75. The van der Waals surface area contributed by atoms with E-state index < -0.39 is 11.9 Å². The van der Waals surface area contributed by atoms with Crippen molar-refractivity contribution in [3.05, 3.63) is 0 Å². The zero-order valence-corrected chi connectivity index (χ0v) is 13.2. The molecule has 0 spiro atoms. The van der Waals surface area contributed by atoms with Gasteiger partial charge < -0.3 is 15.3 Å². The predicted octanol–water partition coefficient (Wildman–Crippen LogP) is 2.71. The summed E-state index contributed by atoms with van der Waals surface area (Å²) in [5, 5.41) is 12.3. The second kappa shape index (κ2) is 7.14. The van der Waals surface area contributed by atoms with Gasteiger partial charge in [0.15, 0.2) is 0 Å². The molecular formula is C16H28N2O3. The summed E-state index contributed by atoms with van der Waals surface area (Å²) in [5.74, 6) is -0.0755. The second-order valence-electron chi connectivity index (χ2n) is 6.87. The van der Waals surface area contributed by atoms with Crippen molar-refractivity contribution >= 4 is 12.0 Å². The molecule has 1 saturated carbocycles. The van der Waals surface area contributed by atoms with E-state index in [1.807, 2.05) is 0 Å². The monoisotopic (exact) mass is 296 g/mol. The quantitative estimate of drug-likeness (QED) is 0.841. The largest absolute Gasteiger partial charge is 0.481 e. The molecule has 3 unspecified atom stereocenters. The molecular weight excluding hydrogens is 268 g/mol. The number of aliphatic carboxylic acids is 1. The molecule has 1 aliphatic heterocycles. The fourth-order valence-corrected chi connectivity index (χ4v) is 3.75. The lowest BCUT2D eigenvalue weighted by Crippen LogP contribution is -2.52. The Labute approximate surface area is 127 Å². The third-order valence-corrected chi connectivity index (χ3v) is 5.04. The van der Waals surface area contributed by atoms with Crippen LogP contribution in [0.1, 0.15) is 52.4 Å². The number of urea groups is 1. The molecule has 2 fully saturated rings. The maximum absolute atomic E-state index is 12.4. The highest BCUT2D eigenvalue weighted by Gasteiger charge is 2.32. The summed E-state index contributed by atoms with van der Waals surface area (Å²) in [6, 6.07) is 0.176. The standard InChI is InChI=1S/C16H28N2O3/c1-11(2)13-7-3-4-8-14(13)17-16(21)18-9-5-6-12(10-18)15(19)20/h11-14H,3-10H2,1-2H3,(H,17,21)(H,19,20). The number of rotatable bonds is 3. The summed E-state index contributed by atoms with van der Waals surface area (Å²) < 4.78 is 0. The summed E-state index contributed by atoms with van der Waals surface area (Å²) >= 11 is 0. The molecule has 21 heavy (non-hydrogen) atoms. The van der Waals surface area contributed by atoms with Crippen LogP contribution in [0.2, 0.25) is 0 Å². The van der Waals surface area contributed by atoms with Crippen LogP contribution in [0, 0.1) is 17.8 Å². The van der Waals surface area contributed by atoms with Gasteiger partial charge in [-0.15, -0.1) is 0 Å². The third-order valence-electron chi connectivity index (χ3n) is 5.04. The first-order valence-electron chi connectivity index (χ1n) is 8.27. The molecule has 3 atom stereocenters. The minimum atomic E-state index is -0.787. The summed E-state index contributed by atoms with van der Waals surface area (Å²) in [7, 11) is 0. The van der Waals surface area contributed by atoms with E-state index in [2.05, 4.69) is 19.2 Å². The van der Waals surface area contributed by atoms with E-state index in [1.54, 1.807) is 4.90 Å². The van der Waals surface area contributed by atoms with Crippen molar-refractivity contribution in [1.82, 2.24) is 10.2 Å². The molecule has 2 N–H and O–H groups in total. The summed E-state index contributed by atoms with van der Waals surface area (Å²) in [6.07, 6.45) is 6.11. The molecule has 0 aromatic rings. The number of nitrogens with zero attached hydrogens (tertiary/aromatic N) is 1. The van der Waals surface area contributed by atoms with E-state index in [1.165, 1.54) is 19.3 Å². The number of hydrogen-bond acceptors (Lipinski definition) is 2. The number of carboxylic acids is 1. The Balaban J connectivity index is 1.92. The molecule has 2 rings (SSSR count). The highest BCUT2D eigenvalue weighted by Crippen LogP contribution is 2.30. The third kappa shape index (κ3) is 4.11. The van der Waals surface area contributed by atoms with Crippen LogP contribution in [0.3, 0.4) is 0 Å². The van der Waals surface area contributed by atoms with Crippen LogP contribution in [0.5, 0.6) is 0 Å². The average Bonchev–Trinajstić information content (AvgIpc) is 2.47. The van der Waals surface area contributed by atoms with Gasteiger partial charge in [0, 0.05) is 19.1 Å². The zero-order chi connectivity index (χ0) is 15.4. The van der Waals surface area contributed by atoms with E-state index >= 15 is 0 Å². The van der Waals surface area contributed by atoms with Crippen molar-refractivity contribution in [2.24, 2.45) is 17.8 Å². The Hall–Kier alpha value is -1.26. The predicted molar refractivity (Wildman–Crippen MR) is 81.0 cm³/mol. The first-order valence-corrected chi connectivity index (χ1v) is 8.27. The molecule has 0 aromatic heterocycles. The molecule has 1 saturated heterocycles. The van der Waals surface area contributed by atoms with Gasteiger partial charge in [0.05, 0.1) is 5.92 Å². The Morgan fingerprint density at radius 1 is 1.14 bits per heavy atom. The number of carboxylic acid groups (broad SMARTS) is 1. The summed E-state index contributed by atoms with van der Waals surface area (Å²) in [5.41, 5.74) is 0. The van der Waals surface area contributed by atoms with Gasteiger partial charge in [-0.2, -0.15) is 0 Å². The lowest BCUT2D eigenvalue weighted by molar-refractivity contribution is -0.143. The lowest BCUT2D eigenvalue weighted by atomic mass is 9.78. The Bertz CT molecular complexity index is 384. The summed E-state index contributed by atoms with van der Waals surface area (Å²) in [6.45, 7) is 5.46. The van der Waals surface area contributed by atoms with E-state index in [9.17, 15) is 9.59 Å². The van der Waals surface area contributed by atoms with Gasteiger partial charge >= 0.3 is 12.0 Å². The number of carbonyl (C=O) groups excluding carboxylic acids is 1. The van der Waals surface area contributed by atoms with Gasteiger partial charge in [-0.3, -0.25) is 4.79 Å². The molecule has 5 nitrogen and oxygen atoms in total. The van der Waals surface area contributed by atoms with Crippen LogP contribution >= 0.6 is 0 Å². The molecule has 2 amide bonds. The molecule has 1 aliphatic carbocycles. The van der Waals surface area contributed by atoms with Crippen LogP contribution in [0.15, 0.2) is 0 Å². The number of nitrogens with one attached hydrogen (secondary N) is 1. The Kier molecular flexibility index (Phi) is 5.48. The minimum absolute atomic E-state index is 0.0708. The zero-order valence-electron chi connectivity index (χ0n) is 13.2. The van der Waals surface area contributed by atoms with E-state index in [4.69, 9.17) is 5.11 Å². The van der Waals surface area contributed by atoms with Crippen LogP contribution < -0.4 is 5.32 Å². The maximum Gasteiger partial charge on any atom is 0.317 e. The van der Waals surface area contributed by atoms with Gasteiger partial charge in [-0.05, 0) is 37.5 Å². The highest BCUT2D eigenvalue weighted by atomic mass is 16.4. The van der Waals surface area contributed by atoms with Gasteiger partial charge in [-0.25, -0.2) is 4.79 Å². The summed E-state index contributed by atoms with van der Waals surface area (Å²) in [4.78, 5) is 25.2. The Morgan fingerprint density at radius 3 is 2.52 bits per heavy atom. The SMILES string of the molecule is CC(C)C1CCCCC1NC(=O)N1CCCC(C(=O)O)C1. The number of piperidine rings is 1. The van der Waals surface area contributed by atoms with E-state index in [-0.39, 0.29) is 12.1 Å². The van der Waals surface area contributed by atoms with Crippen LogP contribution in [-0.2, 0) is 4.79 Å². The van der Waals surface area contributed by atoms with Gasteiger partial charge in [0.1, 0.15) is 0 Å². The lowest BCUT2D eigenvalue weighted by Gasteiger charge is -2.37. The number of hydrogen-bond donors (Lipinski definition) is 2. The second-order valence-corrected chi connectivity index (χ2v) is 6.87. The molecule has 5 heteroatoms. The van der Waals surface area contributed by atoms with Gasteiger partial charge in [-0.1, -0.05) is 26.7 Å². The van der Waals surface area contributed by atoms with Crippen molar-refractivity contribution in [1.29, 1.82) is 0 Å². The molecule has 0 radical (unpaired) electrons. The van der Waals surface area contributed by atoms with Crippen molar-refractivity contribution < 1.29 is 14.7 Å². The van der Waals surface area contributed by atoms with Crippen LogP contribution in [0.25, 0.3) is 0 Å². The van der Waals surface area contributed by atoms with Crippen LogP contribution in [0.4, 0.5) is 4.79 Å². The van der Waals surface area contributed by atoms with Crippen molar-refractivity contribution in [3.8, 4) is 0 Å². The Morgan fingerprint density at radius 2 is 1.86 bits per heavy atom. The molecule has 120 valence electrons. The van der Waals surface area contributed by atoms with Crippen molar-refractivity contribution in [3.63, 3.8) is 0 Å². The number of amides is 2. The van der Waals surface area contributed by atoms with Crippen molar-refractivity contribution in [2.45, 2.75) is 58.4 Å². The molecule has 1 heterocycles. The number of likely N-dealkylation sites (tertiary alicyclic amines) is 1. The van der Waals surface area contributed by atoms with Gasteiger partial charge in [0.2, 0.25) is 0 Å². The fraction of sp³-hybridized carbons (Fsp3) is 0.875. The average molecular weight is 296 g/mol. The topological polar surface area (TPSA) is 69.6 Å². The maximum atomic E-state index is 12.4. The molecule has 0 bridgehead atoms. The highest BCUT2D eigenvalue weighted by molar-refractivity contribution is 5.76. The smallest absolute Gasteiger partial charge is 0.317 e. The first-order chi connectivity index (χ1) is 9.99. The van der Waals surface area contributed by atoms with Gasteiger partial charge in [0.25, 0.3) is 0 Å². The van der Waals surface area contributed by atoms with E-state index in [0.717, 1.165) is 12.8 Å².